The maximum absolute atomic E-state index is 12.1. The number of ether oxygens (including phenoxy) is 3. The fourth-order valence-electron chi connectivity index (χ4n) is 2.10. The zero-order chi connectivity index (χ0) is 16.2. The Morgan fingerprint density at radius 2 is 1.64 bits per heavy atom. The van der Waals surface area contributed by atoms with E-state index in [2.05, 4.69) is 0 Å². The van der Waals surface area contributed by atoms with Crippen molar-refractivity contribution in [1.82, 2.24) is 0 Å². The van der Waals surface area contributed by atoms with Crippen LogP contribution in [0.25, 0.3) is 0 Å². The topological polar surface area (TPSA) is 44.8 Å². The minimum Gasteiger partial charge on any atom is -0.423 e. The summed E-state index contributed by atoms with van der Waals surface area (Å²) in [6.45, 7) is 3.71. The van der Waals surface area contributed by atoms with Gasteiger partial charge in [-0.05, 0) is 49.7 Å². The molecule has 0 atom stereocenters. The number of esters is 1. The molecule has 0 aliphatic carbocycles. The maximum atomic E-state index is 12.1. The van der Waals surface area contributed by atoms with Crippen LogP contribution in [0.3, 0.4) is 0 Å². The lowest BCUT2D eigenvalue weighted by Gasteiger charge is -2.27. The van der Waals surface area contributed by atoms with Crippen LogP contribution >= 0.6 is 0 Å². The summed E-state index contributed by atoms with van der Waals surface area (Å²) in [5.41, 5.74) is 2.21. The summed E-state index contributed by atoms with van der Waals surface area (Å²) in [5.74, 6) is -0.683. The highest BCUT2D eigenvalue weighted by atomic mass is 16.7. The third-order valence-electron chi connectivity index (χ3n) is 3.69. The van der Waals surface area contributed by atoms with Crippen LogP contribution in [-0.2, 0) is 15.3 Å². The zero-order valence-electron chi connectivity index (χ0n) is 13.3. The molecule has 0 unspecified atom stereocenters. The Kier molecular flexibility index (Phi) is 4.96. The van der Waals surface area contributed by atoms with Gasteiger partial charge in [-0.1, -0.05) is 18.2 Å². The highest BCUT2D eigenvalue weighted by Gasteiger charge is 2.26. The van der Waals surface area contributed by atoms with Crippen LogP contribution in [0.4, 0.5) is 0 Å². The molecule has 116 valence electrons. The van der Waals surface area contributed by atoms with E-state index in [4.69, 9.17) is 14.2 Å². The molecule has 0 fully saturated rings. The molecule has 0 aliphatic heterocycles. The van der Waals surface area contributed by atoms with Crippen molar-refractivity contribution >= 4 is 5.97 Å². The van der Waals surface area contributed by atoms with Gasteiger partial charge in [0.2, 0.25) is 0 Å². The predicted octanol–water partition coefficient (Wildman–Crippen LogP) is 3.68. The summed E-state index contributed by atoms with van der Waals surface area (Å²) in [6, 6.07) is 14.4. The van der Waals surface area contributed by atoms with Crippen LogP contribution in [0.2, 0.25) is 0 Å². The Hall–Kier alpha value is -2.17. The van der Waals surface area contributed by atoms with Crippen LogP contribution < -0.4 is 4.74 Å². The average Bonchev–Trinajstić information content (AvgIpc) is 2.56. The maximum Gasteiger partial charge on any atom is 0.343 e. The molecule has 0 aliphatic rings. The number of benzene rings is 2. The van der Waals surface area contributed by atoms with Crippen molar-refractivity contribution < 1.29 is 19.0 Å². The number of carbonyl (C=O) groups is 1. The molecule has 0 saturated carbocycles. The third kappa shape index (κ3) is 3.35. The largest absolute Gasteiger partial charge is 0.423 e. The minimum absolute atomic E-state index is 0.377. The van der Waals surface area contributed by atoms with Gasteiger partial charge in [-0.2, -0.15) is 0 Å². The Morgan fingerprint density at radius 1 is 1.00 bits per heavy atom. The van der Waals surface area contributed by atoms with Crippen LogP contribution in [0, 0.1) is 6.92 Å². The Bertz CT molecular complexity index is 645. The number of methoxy groups -OCH3 is 2. The van der Waals surface area contributed by atoms with Gasteiger partial charge >= 0.3 is 5.97 Å². The van der Waals surface area contributed by atoms with E-state index in [0.717, 1.165) is 11.1 Å². The first kappa shape index (κ1) is 16.2. The molecular weight excluding hydrogens is 280 g/mol. The molecule has 0 saturated heterocycles. The fourth-order valence-corrected chi connectivity index (χ4v) is 2.10. The van der Waals surface area contributed by atoms with Crippen molar-refractivity contribution in [2.45, 2.75) is 19.6 Å². The van der Waals surface area contributed by atoms with E-state index in [1.54, 1.807) is 44.6 Å². The highest BCUT2D eigenvalue weighted by molar-refractivity contribution is 5.91. The van der Waals surface area contributed by atoms with Crippen molar-refractivity contribution in [3.63, 3.8) is 0 Å². The van der Waals surface area contributed by atoms with E-state index < -0.39 is 5.79 Å². The molecule has 4 nitrogen and oxygen atoms in total. The molecule has 0 heterocycles. The summed E-state index contributed by atoms with van der Waals surface area (Å²) in [5, 5.41) is 0. The van der Waals surface area contributed by atoms with Crippen molar-refractivity contribution in [3.05, 3.63) is 65.2 Å². The van der Waals surface area contributed by atoms with E-state index in [0.29, 0.717) is 11.3 Å². The van der Waals surface area contributed by atoms with Crippen LogP contribution in [0.1, 0.15) is 28.4 Å². The van der Waals surface area contributed by atoms with Crippen molar-refractivity contribution in [2.24, 2.45) is 0 Å². The second-order valence-corrected chi connectivity index (χ2v) is 5.09. The molecule has 4 heteroatoms. The standard InChI is InChI=1S/C18H20O4/c1-13-12-15(18(2,20-3)21-4)10-11-16(13)22-17(19)14-8-6-5-7-9-14/h5-12H,1-4H3. The van der Waals surface area contributed by atoms with Gasteiger partial charge in [-0.25, -0.2) is 4.79 Å². The summed E-state index contributed by atoms with van der Waals surface area (Å²) in [6.07, 6.45) is 0. The van der Waals surface area contributed by atoms with Gasteiger partial charge in [0.15, 0.2) is 5.79 Å². The molecule has 2 aromatic rings. The molecule has 0 radical (unpaired) electrons. The van der Waals surface area contributed by atoms with Gasteiger partial charge in [-0.15, -0.1) is 0 Å². The Morgan fingerprint density at radius 3 is 2.18 bits per heavy atom. The van der Waals surface area contributed by atoms with Crippen LogP contribution in [0.5, 0.6) is 5.75 Å². The van der Waals surface area contributed by atoms with Crippen LogP contribution in [-0.4, -0.2) is 20.2 Å². The smallest absolute Gasteiger partial charge is 0.343 e. The predicted molar refractivity (Wildman–Crippen MR) is 83.9 cm³/mol. The van der Waals surface area contributed by atoms with Gasteiger partial charge in [-0.3, -0.25) is 0 Å². The number of aryl methyl sites for hydroxylation is 1. The Balaban J connectivity index is 2.22. The summed E-state index contributed by atoms with van der Waals surface area (Å²) >= 11 is 0. The molecule has 2 rings (SSSR count). The fraction of sp³-hybridized carbons (Fsp3) is 0.278. The number of rotatable bonds is 5. The van der Waals surface area contributed by atoms with Crippen LogP contribution in [0.15, 0.2) is 48.5 Å². The third-order valence-corrected chi connectivity index (χ3v) is 3.69. The van der Waals surface area contributed by atoms with E-state index in [1.165, 1.54) is 0 Å². The summed E-state index contributed by atoms with van der Waals surface area (Å²) in [4.78, 5) is 12.1. The molecule has 22 heavy (non-hydrogen) atoms. The zero-order valence-corrected chi connectivity index (χ0v) is 13.3. The summed E-state index contributed by atoms with van der Waals surface area (Å²) in [7, 11) is 3.17. The van der Waals surface area contributed by atoms with Crippen molar-refractivity contribution in [1.29, 1.82) is 0 Å². The first-order valence-corrected chi connectivity index (χ1v) is 6.99. The molecule has 2 aromatic carbocycles. The lowest BCUT2D eigenvalue weighted by Crippen LogP contribution is -2.26. The highest BCUT2D eigenvalue weighted by Crippen LogP contribution is 2.29. The minimum atomic E-state index is -0.827. The second-order valence-electron chi connectivity index (χ2n) is 5.09. The Labute approximate surface area is 130 Å². The van der Waals surface area contributed by atoms with Gasteiger partial charge < -0.3 is 14.2 Å². The van der Waals surface area contributed by atoms with E-state index >= 15 is 0 Å². The molecule has 0 spiro atoms. The molecule has 0 N–H and O–H groups in total. The number of carbonyl (C=O) groups excluding carboxylic acids is 1. The quantitative estimate of drug-likeness (QED) is 0.480. The van der Waals surface area contributed by atoms with Gasteiger partial charge in [0.05, 0.1) is 5.56 Å². The average molecular weight is 300 g/mol. The number of hydrogen-bond acceptors (Lipinski definition) is 4. The molecule has 0 amide bonds. The first-order chi connectivity index (χ1) is 10.5. The van der Waals surface area contributed by atoms with Gasteiger partial charge in [0, 0.05) is 19.8 Å². The van der Waals surface area contributed by atoms with E-state index in [-0.39, 0.29) is 5.97 Å². The monoisotopic (exact) mass is 300 g/mol. The van der Waals surface area contributed by atoms with E-state index in [1.807, 2.05) is 32.0 Å². The molecule has 0 bridgehead atoms. The first-order valence-electron chi connectivity index (χ1n) is 6.99. The lowest BCUT2D eigenvalue weighted by atomic mass is 10.0. The normalized spacial score (nSPS) is 11.3. The number of hydrogen-bond donors (Lipinski definition) is 0. The van der Waals surface area contributed by atoms with Gasteiger partial charge in [0.25, 0.3) is 0 Å². The SMILES string of the molecule is COC(C)(OC)c1ccc(OC(=O)c2ccccc2)c(C)c1. The molecule has 0 aromatic heterocycles. The van der Waals surface area contributed by atoms with E-state index in [9.17, 15) is 4.79 Å². The lowest BCUT2D eigenvalue weighted by molar-refractivity contribution is -0.201. The van der Waals surface area contributed by atoms with Crippen molar-refractivity contribution in [2.75, 3.05) is 14.2 Å². The van der Waals surface area contributed by atoms with Gasteiger partial charge in [0.1, 0.15) is 5.75 Å². The summed E-state index contributed by atoms with van der Waals surface area (Å²) < 4.78 is 16.2. The second kappa shape index (κ2) is 6.73. The van der Waals surface area contributed by atoms with Crippen molar-refractivity contribution in [3.8, 4) is 5.75 Å². The molecular formula is C18H20O4.